The molecule has 0 unspecified atom stereocenters. The Morgan fingerprint density at radius 2 is 1.08 bits per heavy atom. The van der Waals surface area contributed by atoms with Crippen molar-refractivity contribution >= 4 is 0 Å². The summed E-state index contributed by atoms with van der Waals surface area (Å²) >= 11 is 0. The summed E-state index contributed by atoms with van der Waals surface area (Å²) in [6.45, 7) is 0. The minimum atomic E-state index is 0.750. The summed E-state index contributed by atoms with van der Waals surface area (Å²) in [4.78, 5) is 0. The van der Waals surface area contributed by atoms with Gasteiger partial charge in [0, 0.05) is 5.56 Å². The van der Waals surface area contributed by atoms with Gasteiger partial charge in [-0.3, -0.25) is 0 Å². The Hall–Kier alpha value is -4.40. The summed E-state index contributed by atoms with van der Waals surface area (Å²) in [7, 11) is 0. The van der Waals surface area contributed by atoms with Gasteiger partial charge in [-0.05, 0) is 95.6 Å². The van der Waals surface area contributed by atoms with Crippen LogP contribution in [0, 0.1) is 71.5 Å². The fourth-order valence-electron chi connectivity index (χ4n) is 1.59. The van der Waals surface area contributed by atoms with Gasteiger partial charge in [0.1, 0.15) is 11.5 Å². The number of hydrogen-bond donors (Lipinski definition) is 0. The molecule has 0 spiro atoms. The smallest absolute Gasteiger partial charge is 0.127 e. The first-order chi connectivity index (χ1) is 12.4. The first-order valence-electron chi connectivity index (χ1n) is 7.18. The number of rotatable bonds is 2. The highest BCUT2D eigenvalue weighted by Gasteiger charge is 1.95. The van der Waals surface area contributed by atoms with Gasteiger partial charge in [0.05, 0.1) is 0 Å². The Morgan fingerprint density at radius 3 is 1.68 bits per heavy atom. The van der Waals surface area contributed by atoms with E-state index in [4.69, 9.17) is 11.2 Å². The number of terminal acetylenes is 1. The van der Waals surface area contributed by atoms with Gasteiger partial charge in [0.25, 0.3) is 0 Å². The summed E-state index contributed by atoms with van der Waals surface area (Å²) in [6.07, 6.45) is 4.94. The molecule has 0 amide bonds. The lowest BCUT2D eigenvalue weighted by Crippen LogP contribution is -1.83. The van der Waals surface area contributed by atoms with Crippen LogP contribution in [0.2, 0.25) is 0 Å². The van der Waals surface area contributed by atoms with Crippen LogP contribution in [-0.4, -0.2) is 0 Å². The number of benzene rings is 2. The third-order valence-corrected chi connectivity index (χ3v) is 2.61. The largest absolute Gasteiger partial charge is 0.457 e. The zero-order valence-electron chi connectivity index (χ0n) is 13.2. The molecule has 112 valence electrons. The first kappa shape index (κ1) is 17.0. The quantitative estimate of drug-likeness (QED) is 0.771. The Labute approximate surface area is 148 Å². The van der Waals surface area contributed by atoms with Crippen molar-refractivity contribution in [2.24, 2.45) is 0 Å². The minimum absolute atomic E-state index is 0.750. The van der Waals surface area contributed by atoms with Gasteiger partial charge in [-0.2, -0.15) is 0 Å². The minimum Gasteiger partial charge on any atom is -0.457 e. The molecule has 25 heavy (non-hydrogen) atoms. The zero-order valence-corrected chi connectivity index (χ0v) is 13.2. The molecule has 0 heterocycles. The second-order valence-corrected chi connectivity index (χ2v) is 4.33. The second-order valence-electron chi connectivity index (χ2n) is 4.33. The van der Waals surface area contributed by atoms with Crippen LogP contribution in [0.5, 0.6) is 11.5 Å². The summed E-state index contributed by atoms with van der Waals surface area (Å²) in [6, 6.07) is 17.0. The van der Waals surface area contributed by atoms with Gasteiger partial charge in [-0.25, -0.2) is 0 Å². The van der Waals surface area contributed by atoms with Crippen LogP contribution in [-0.2, 0) is 0 Å². The Morgan fingerprint density at radius 1 is 0.560 bits per heavy atom. The molecule has 0 atom stereocenters. The lowest BCUT2D eigenvalue weighted by Gasteiger charge is -2.04. The number of hydrogen-bond acceptors (Lipinski definition) is 1. The van der Waals surface area contributed by atoms with Gasteiger partial charge in [-0.15, -0.1) is 6.42 Å². The molecule has 0 fully saturated rings. The van der Waals surface area contributed by atoms with Crippen molar-refractivity contribution in [1.82, 2.24) is 0 Å². The van der Waals surface area contributed by atoms with Gasteiger partial charge in [-0.1, -0.05) is 24.1 Å². The topological polar surface area (TPSA) is 9.23 Å². The maximum atomic E-state index is 5.71. The summed E-state index contributed by atoms with van der Waals surface area (Å²) in [5.41, 5.74) is 0.840. The molecule has 1 heteroatoms. The SMILES string of the molecule is C#CC#CC#CC#CC#CC#Cc1ccc(Oc2ccccc2)cc1. The van der Waals surface area contributed by atoms with Crippen molar-refractivity contribution in [1.29, 1.82) is 0 Å². The molecule has 2 aromatic rings. The van der Waals surface area contributed by atoms with Gasteiger partial charge in [0.15, 0.2) is 0 Å². The monoisotopic (exact) mass is 314 g/mol. The molecule has 2 rings (SSSR count). The molecule has 0 N–H and O–H groups in total. The summed E-state index contributed by atoms with van der Waals surface area (Å²) in [5, 5.41) is 0. The van der Waals surface area contributed by atoms with E-state index in [2.05, 4.69) is 65.1 Å². The third-order valence-electron chi connectivity index (χ3n) is 2.61. The molecule has 0 aliphatic rings. The molecule has 0 aliphatic carbocycles. The fourth-order valence-corrected chi connectivity index (χ4v) is 1.59. The van der Waals surface area contributed by atoms with Crippen LogP contribution in [0.25, 0.3) is 0 Å². The van der Waals surface area contributed by atoms with Crippen molar-refractivity contribution in [2.75, 3.05) is 0 Å². The lowest BCUT2D eigenvalue weighted by molar-refractivity contribution is 0.482. The van der Waals surface area contributed by atoms with Crippen molar-refractivity contribution in [3.05, 3.63) is 60.2 Å². The van der Waals surface area contributed by atoms with Gasteiger partial charge < -0.3 is 4.74 Å². The molecular weight excluding hydrogens is 304 g/mol. The molecule has 0 radical (unpaired) electrons. The molecule has 0 bridgehead atoms. The van der Waals surface area contributed by atoms with Crippen LogP contribution in [0.15, 0.2) is 54.6 Å². The van der Waals surface area contributed by atoms with Crippen LogP contribution in [0.1, 0.15) is 5.56 Å². The second kappa shape index (κ2) is 10.3. The van der Waals surface area contributed by atoms with Crippen molar-refractivity contribution < 1.29 is 4.74 Å². The predicted octanol–water partition coefficient (Wildman–Crippen LogP) is 3.48. The van der Waals surface area contributed by atoms with E-state index in [9.17, 15) is 0 Å². The average Bonchev–Trinajstić information content (AvgIpc) is 2.65. The number of para-hydroxylation sites is 1. The first-order valence-corrected chi connectivity index (χ1v) is 7.18. The highest BCUT2D eigenvalue weighted by atomic mass is 16.5. The standard InChI is InChI=1S/C24H10O/c1-2-3-4-5-6-7-8-9-10-12-15-22-18-20-24(21-19-22)25-23-16-13-11-14-17-23/h1,11,13-14,16-21H. The Bertz CT molecular complexity index is 1070. The maximum absolute atomic E-state index is 5.71. The van der Waals surface area contributed by atoms with Gasteiger partial charge in [0.2, 0.25) is 0 Å². The van der Waals surface area contributed by atoms with Crippen LogP contribution in [0.4, 0.5) is 0 Å². The van der Waals surface area contributed by atoms with E-state index in [-0.39, 0.29) is 0 Å². The number of ether oxygens (including phenoxy) is 1. The molecule has 0 saturated carbocycles. The molecule has 0 aliphatic heterocycles. The average molecular weight is 314 g/mol. The van der Waals surface area contributed by atoms with E-state index in [0.29, 0.717) is 0 Å². The van der Waals surface area contributed by atoms with Gasteiger partial charge >= 0.3 is 0 Å². The predicted molar refractivity (Wildman–Crippen MR) is 99.8 cm³/mol. The van der Waals surface area contributed by atoms with Crippen LogP contribution < -0.4 is 4.74 Å². The zero-order chi connectivity index (χ0) is 17.6. The molecule has 0 saturated heterocycles. The van der Waals surface area contributed by atoms with Crippen LogP contribution in [0.3, 0.4) is 0 Å². The summed E-state index contributed by atoms with van der Waals surface area (Å²) in [5.74, 6) is 29.5. The Kier molecular flexibility index (Phi) is 7.02. The van der Waals surface area contributed by atoms with E-state index < -0.39 is 0 Å². The lowest BCUT2D eigenvalue weighted by atomic mass is 10.2. The third kappa shape index (κ3) is 6.93. The highest BCUT2D eigenvalue weighted by Crippen LogP contribution is 2.20. The molecular formula is C24H10O. The molecule has 2 aromatic carbocycles. The van der Waals surface area contributed by atoms with Crippen molar-refractivity contribution in [3.63, 3.8) is 0 Å². The van der Waals surface area contributed by atoms with E-state index in [1.165, 1.54) is 0 Å². The van der Waals surface area contributed by atoms with E-state index in [1.807, 2.05) is 54.6 Å². The molecule has 1 nitrogen and oxygen atoms in total. The van der Waals surface area contributed by atoms with E-state index >= 15 is 0 Å². The molecule has 0 aromatic heterocycles. The fraction of sp³-hybridized carbons (Fsp3) is 0. The van der Waals surface area contributed by atoms with Crippen LogP contribution >= 0.6 is 0 Å². The normalized spacial score (nSPS) is 7.16. The van der Waals surface area contributed by atoms with Crippen molar-refractivity contribution in [3.8, 4) is 83.0 Å². The Balaban J connectivity index is 1.91. The van der Waals surface area contributed by atoms with E-state index in [1.54, 1.807) is 0 Å². The van der Waals surface area contributed by atoms with Crippen molar-refractivity contribution in [2.45, 2.75) is 0 Å². The summed E-state index contributed by atoms with van der Waals surface area (Å²) < 4.78 is 5.71. The maximum Gasteiger partial charge on any atom is 0.127 e. The van der Waals surface area contributed by atoms with E-state index in [0.717, 1.165) is 17.1 Å². The highest BCUT2D eigenvalue weighted by molar-refractivity contribution is 5.46.